The Balaban J connectivity index is 2.67. The first-order valence-corrected chi connectivity index (χ1v) is 6.04. The molecule has 1 N–H and O–H groups in total. The van der Waals surface area contributed by atoms with Crippen molar-refractivity contribution >= 4 is 15.5 Å². The van der Waals surface area contributed by atoms with Gasteiger partial charge < -0.3 is 5.32 Å². The van der Waals surface area contributed by atoms with Crippen molar-refractivity contribution in [3.63, 3.8) is 0 Å². The Kier molecular flexibility index (Phi) is 1.80. The van der Waals surface area contributed by atoms with Gasteiger partial charge >= 0.3 is 0 Å². The topological polar surface area (TPSA) is 46.2 Å². The maximum Gasteiger partial charge on any atom is 0.175 e. The molecule has 13 heavy (non-hydrogen) atoms. The van der Waals surface area contributed by atoms with Crippen molar-refractivity contribution in [2.24, 2.45) is 0 Å². The van der Waals surface area contributed by atoms with Crippen molar-refractivity contribution in [2.75, 3.05) is 18.1 Å². The quantitative estimate of drug-likeness (QED) is 0.732. The Morgan fingerprint density at radius 2 is 2.15 bits per heavy atom. The highest BCUT2D eigenvalue weighted by atomic mass is 32.2. The summed E-state index contributed by atoms with van der Waals surface area (Å²) in [4.78, 5) is 0.468. The number of benzene rings is 1. The summed E-state index contributed by atoms with van der Waals surface area (Å²) in [7, 11) is -3.07. The van der Waals surface area contributed by atoms with Crippen LogP contribution in [0.3, 0.4) is 0 Å². The molecular formula is C9H11NO2S. The van der Waals surface area contributed by atoms with E-state index in [1.54, 1.807) is 12.1 Å². The van der Waals surface area contributed by atoms with Crippen molar-refractivity contribution < 1.29 is 8.42 Å². The second kappa shape index (κ2) is 2.73. The van der Waals surface area contributed by atoms with Crippen LogP contribution in [0.25, 0.3) is 0 Å². The van der Waals surface area contributed by atoms with Crippen molar-refractivity contribution in [3.8, 4) is 0 Å². The van der Waals surface area contributed by atoms with Gasteiger partial charge in [0.1, 0.15) is 0 Å². The van der Waals surface area contributed by atoms with Crippen LogP contribution in [0.4, 0.5) is 5.69 Å². The number of nitrogens with one attached hydrogen (secondary N) is 1. The van der Waals surface area contributed by atoms with Crippen LogP contribution in [-0.4, -0.2) is 21.2 Å². The Morgan fingerprint density at radius 1 is 1.38 bits per heavy atom. The molecule has 1 aromatic rings. The fraction of sp³-hybridized carbons (Fsp3) is 0.333. The lowest BCUT2D eigenvalue weighted by atomic mass is 10.2. The lowest BCUT2D eigenvalue weighted by Crippen LogP contribution is -2.00. The van der Waals surface area contributed by atoms with Gasteiger partial charge in [0.25, 0.3) is 0 Å². The van der Waals surface area contributed by atoms with Gasteiger partial charge in [-0.3, -0.25) is 0 Å². The van der Waals surface area contributed by atoms with E-state index in [1.165, 1.54) is 6.26 Å². The average molecular weight is 197 g/mol. The molecule has 0 aromatic heterocycles. The molecule has 0 atom stereocenters. The summed E-state index contributed by atoms with van der Waals surface area (Å²) in [5, 5.41) is 3.15. The van der Waals surface area contributed by atoms with Gasteiger partial charge in [-0.2, -0.15) is 0 Å². The van der Waals surface area contributed by atoms with Gasteiger partial charge in [-0.1, -0.05) is 6.07 Å². The van der Waals surface area contributed by atoms with Gasteiger partial charge in [-0.05, 0) is 24.1 Å². The summed E-state index contributed by atoms with van der Waals surface area (Å²) >= 11 is 0. The maximum absolute atomic E-state index is 11.4. The minimum atomic E-state index is -3.07. The predicted octanol–water partition coefficient (Wildman–Crippen LogP) is 1.06. The van der Waals surface area contributed by atoms with Gasteiger partial charge in [0.15, 0.2) is 9.84 Å². The lowest BCUT2D eigenvalue weighted by molar-refractivity contribution is 0.601. The number of rotatable bonds is 1. The van der Waals surface area contributed by atoms with Gasteiger partial charge in [-0.25, -0.2) is 8.42 Å². The highest BCUT2D eigenvalue weighted by Crippen LogP contribution is 2.28. The van der Waals surface area contributed by atoms with E-state index in [-0.39, 0.29) is 0 Å². The Bertz CT molecular complexity index is 437. The molecule has 0 fully saturated rings. The maximum atomic E-state index is 11.4. The molecule has 0 amide bonds. The van der Waals surface area contributed by atoms with E-state index in [9.17, 15) is 8.42 Å². The molecule has 0 radical (unpaired) electrons. The molecule has 0 bridgehead atoms. The standard InChI is InChI=1S/C9H11NO2S/c1-13(11,12)9-4-2-3-8-7(9)5-6-10-8/h2-4,10H,5-6H2,1H3. The van der Waals surface area contributed by atoms with Crippen molar-refractivity contribution in [1.29, 1.82) is 0 Å². The summed E-state index contributed by atoms with van der Waals surface area (Å²) in [6, 6.07) is 5.35. The molecule has 1 aliphatic heterocycles. The number of fused-ring (bicyclic) bond motifs is 1. The van der Waals surface area contributed by atoms with Crippen LogP contribution in [-0.2, 0) is 16.3 Å². The molecule has 1 aromatic carbocycles. The van der Waals surface area contributed by atoms with Crippen LogP contribution in [0.15, 0.2) is 23.1 Å². The molecule has 70 valence electrons. The van der Waals surface area contributed by atoms with Gasteiger partial charge in [-0.15, -0.1) is 0 Å². The molecule has 4 heteroatoms. The number of hydrogen-bond acceptors (Lipinski definition) is 3. The van der Waals surface area contributed by atoms with Crippen LogP contribution in [0, 0.1) is 0 Å². The molecule has 0 spiro atoms. The predicted molar refractivity (Wildman–Crippen MR) is 51.7 cm³/mol. The molecule has 0 saturated heterocycles. The lowest BCUT2D eigenvalue weighted by Gasteiger charge is -2.04. The van der Waals surface area contributed by atoms with Crippen LogP contribution in [0.1, 0.15) is 5.56 Å². The largest absolute Gasteiger partial charge is 0.384 e. The van der Waals surface area contributed by atoms with Crippen LogP contribution < -0.4 is 5.32 Å². The zero-order chi connectivity index (χ0) is 9.47. The zero-order valence-electron chi connectivity index (χ0n) is 7.37. The molecule has 3 nitrogen and oxygen atoms in total. The summed E-state index contributed by atoms with van der Waals surface area (Å²) in [5.74, 6) is 0. The number of hydrogen-bond donors (Lipinski definition) is 1. The summed E-state index contributed by atoms with van der Waals surface area (Å²) in [5.41, 5.74) is 1.90. The highest BCUT2D eigenvalue weighted by molar-refractivity contribution is 7.90. The zero-order valence-corrected chi connectivity index (χ0v) is 8.19. The van der Waals surface area contributed by atoms with E-state index >= 15 is 0 Å². The van der Waals surface area contributed by atoms with E-state index < -0.39 is 9.84 Å². The van der Waals surface area contributed by atoms with Gasteiger partial charge in [0.05, 0.1) is 4.90 Å². The Hall–Kier alpha value is -1.03. The number of sulfone groups is 1. The second-order valence-corrected chi connectivity index (χ2v) is 5.22. The smallest absolute Gasteiger partial charge is 0.175 e. The third kappa shape index (κ3) is 1.42. The normalized spacial score (nSPS) is 15.2. The third-order valence-electron chi connectivity index (χ3n) is 2.22. The molecule has 2 rings (SSSR count). The third-order valence-corrected chi connectivity index (χ3v) is 3.40. The van der Waals surface area contributed by atoms with Crippen LogP contribution in [0.2, 0.25) is 0 Å². The van der Waals surface area contributed by atoms with Crippen molar-refractivity contribution in [2.45, 2.75) is 11.3 Å². The SMILES string of the molecule is CS(=O)(=O)c1cccc2c1CCN2. The van der Waals surface area contributed by atoms with Crippen LogP contribution in [0.5, 0.6) is 0 Å². The summed E-state index contributed by atoms with van der Waals surface area (Å²) in [6.45, 7) is 0.835. The van der Waals surface area contributed by atoms with Crippen LogP contribution >= 0.6 is 0 Å². The first-order valence-electron chi connectivity index (χ1n) is 4.15. The van der Waals surface area contributed by atoms with E-state index in [0.717, 1.165) is 24.2 Å². The number of anilines is 1. The second-order valence-electron chi connectivity index (χ2n) is 3.23. The van der Waals surface area contributed by atoms with Gasteiger partial charge in [0.2, 0.25) is 0 Å². The molecule has 1 heterocycles. The Labute approximate surface area is 77.7 Å². The molecule has 0 unspecified atom stereocenters. The van der Waals surface area contributed by atoms with Crippen molar-refractivity contribution in [3.05, 3.63) is 23.8 Å². The fourth-order valence-electron chi connectivity index (χ4n) is 1.66. The van der Waals surface area contributed by atoms with E-state index in [4.69, 9.17) is 0 Å². The summed E-state index contributed by atoms with van der Waals surface area (Å²) < 4.78 is 22.7. The first kappa shape index (κ1) is 8.56. The Morgan fingerprint density at radius 3 is 2.85 bits per heavy atom. The minimum absolute atomic E-state index is 0.468. The first-order chi connectivity index (χ1) is 6.09. The molecule has 1 aliphatic rings. The molecule has 0 saturated carbocycles. The van der Waals surface area contributed by atoms with E-state index in [2.05, 4.69) is 5.32 Å². The van der Waals surface area contributed by atoms with E-state index in [0.29, 0.717) is 4.90 Å². The molecule has 0 aliphatic carbocycles. The monoisotopic (exact) mass is 197 g/mol. The van der Waals surface area contributed by atoms with Crippen molar-refractivity contribution in [1.82, 2.24) is 0 Å². The summed E-state index contributed by atoms with van der Waals surface area (Å²) in [6.07, 6.45) is 2.06. The fourth-order valence-corrected chi connectivity index (χ4v) is 2.64. The van der Waals surface area contributed by atoms with E-state index in [1.807, 2.05) is 6.07 Å². The van der Waals surface area contributed by atoms with Gasteiger partial charge in [0, 0.05) is 18.5 Å². The average Bonchev–Trinajstić information content (AvgIpc) is 2.48. The highest BCUT2D eigenvalue weighted by Gasteiger charge is 2.19. The molecular weight excluding hydrogens is 186 g/mol. The minimum Gasteiger partial charge on any atom is -0.384 e.